The third-order valence-corrected chi connectivity index (χ3v) is 5.37. The van der Waals surface area contributed by atoms with Crippen LogP contribution in [0.3, 0.4) is 0 Å². The number of halogens is 12. The van der Waals surface area contributed by atoms with Crippen LogP contribution in [0.4, 0.5) is 52.7 Å². The van der Waals surface area contributed by atoms with Crippen molar-refractivity contribution in [3.63, 3.8) is 0 Å². The van der Waals surface area contributed by atoms with E-state index in [1.54, 1.807) is 0 Å². The van der Waals surface area contributed by atoms with E-state index in [1.807, 2.05) is 0 Å². The summed E-state index contributed by atoms with van der Waals surface area (Å²) < 4.78 is 155. The minimum absolute atomic E-state index is 0.0259. The maximum absolute atomic E-state index is 12.9. The van der Waals surface area contributed by atoms with E-state index in [9.17, 15) is 62.9 Å². The number of alkyl halides is 12. The van der Waals surface area contributed by atoms with Gasteiger partial charge in [-0.25, -0.2) is 0 Å². The second-order valence-corrected chi connectivity index (χ2v) is 8.21. The Morgan fingerprint density at radius 3 is 1.03 bits per heavy atom. The monoisotopic (exact) mass is 526 g/mol. The Kier molecular flexibility index (Phi) is 8.79. The molecule has 1 aliphatic rings. The van der Waals surface area contributed by atoms with Crippen LogP contribution in [0.5, 0.6) is 0 Å². The quantitative estimate of drug-likeness (QED) is 0.344. The number of hydrogen-bond acceptors (Lipinski definition) is 4. The molecule has 1 aliphatic carbocycles. The summed E-state index contributed by atoms with van der Waals surface area (Å²) in [6, 6.07) is -2.31. The van der Waals surface area contributed by atoms with E-state index in [0.717, 1.165) is 13.8 Å². The summed E-state index contributed by atoms with van der Waals surface area (Å²) in [5.74, 6) is 0. The molecule has 0 aromatic heterocycles. The molecular formula is C18H22F12N2O2. The zero-order valence-electron chi connectivity index (χ0n) is 17.7. The molecule has 0 aromatic rings. The Bertz CT molecular complexity index is 673. The van der Waals surface area contributed by atoms with E-state index < -0.39 is 72.3 Å². The summed E-state index contributed by atoms with van der Waals surface area (Å²) in [7, 11) is 0. The molecule has 0 heterocycles. The average molecular weight is 526 g/mol. The Hall–Kier alpha value is -1.58. The minimum Gasteiger partial charge on any atom is -0.373 e. The maximum atomic E-state index is 12.9. The number of hydrogen-bond donors (Lipinski definition) is 2. The third kappa shape index (κ3) is 6.55. The van der Waals surface area contributed by atoms with Crippen molar-refractivity contribution in [3.05, 3.63) is 0 Å². The molecule has 16 heteroatoms. The fraction of sp³-hybridized carbons (Fsp3) is 0.889. The Morgan fingerprint density at radius 2 is 0.824 bits per heavy atom. The number of aliphatic hydroxyl groups is 2. The van der Waals surface area contributed by atoms with Crippen molar-refractivity contribution in [1.29, 1.82) is 0 Å². The third-order valence-electron chi connectivity index (χ3n) is 5.37. The van der Waals surface area contributed by atoms with Gasteiger partial charge in [0.2, 0.25) is 0 Å². The first-order chi connectivity index (χ1) is 15.0. The van der Waals surface area contributed by atoms with Gasteiger partial charge in [0.25, 0.3) is 11.2 Å². The topological polar surface area (TPSA) is 65.2 Å². The highest BCUT2D eigenvalue weighted by Gasteiger charge is 2.71. The minimum atomic E-state index is -6.09. The van der Waals surface area contributed by atoms with Gasteiger partial charge in [0, 0.05) is 24.3 Å². The van der Waals surface area contributed by atoms with Gasteiger partial charge in [-0.05, 0) is 26.7 Å². The number of aliphatic imine (C=N–C) groups is 2. The summed E-state index contributed by atoms with van der Waals surface area (Å²) in [5, 5.41) is 18.6. The molecule has 0 bridgehead atoms. The summed E-state index contributed by atoms with van der Waals surface area (Å²) in [4.78, 5) is 7.44. The van der Waals surface area contributed by atoms with Gasteiger partial charge in [-0.3, -0.25) is 9.98 Å². The fourth-order valence-corrected chi connectivity index (χ4v) is 3.51. The van der Waals surface area contributed by atoms with Crippen LogP contribution in [0.25, 0.3) is 0 Å². The lowest BCUT2D eigenvalue weighted by atomic mass is 9.89. The van der Waals surface area contributed by atoms with E-state index in [0.29, 0.717) is 12.8 Å². The first-order valence-electron chi connectivity index (χ1n) is 9.74. The van der Waals surface area contributed by atoms with Crippen LogP contribution in [0.15, 0.2) is 9.98 Å². The first kappa shape index (κ1) is 30.5. The summed E-state index contributed by atoms with van der Waals surface area (Å²) in [6.45, 7) is 1.55. The zero-order chi connectivity index (χ0) is 27.0. The molecule has 0 saturated heterocycles. The molecular weight excluding hydrogens is 504 g/mol. The SMILES string of the molecule is CC(CC(O)(C(F)(F)F)C(F)(F)F)=N[C@@H]1CCCC[C@H]1N=C(C)CC(O)(C(F)(F)F)C(F)(F)F. The largest absolute Gasteiger partial charge is 0.426 e. The molecule has 0 spiro atoms. The van der Waals surface area contributed by atoms with Crippen molar-refractivity contribution in [2.45, 2.75) is 100 Å². The zero-order valence-corrected chi connectivity index (χ0v) is 17.7. The standard InChI is InChI=1S/C18H22F12N2O2/c1-9(7-13(33,15(19,20)21)16(22,23)24)31-11-5-3-4-6-12(11)32-10(2)8-14(34,17(25,26)27)18(28,29)30/h11-12,33-34H,3-8H2,1-2H3/t11-,12-/m1/s1. The highest BCUT2D eigenvalue weighted by atomic mass is 19.4. The molecule has 1 fully saturated rings. The fourth-order valence-electron chi connectivity index (χ4n) is 3.51. The molecule has 0 radical (unpaired) electrons. The van der Waals surface area contributed by atoms with Crippen LogP contribution >= 0.6 is 0 Å². The molecule has 1 rings (SSSR count). The van der Waals surface area contributed by atoms with Gasteiger partial charge in [-0.2, -0.15) is 52.7 Å². The van der Waals surface area contributed by atoms with E-state index in [4.69, 9.17) is 0 Å². The highest BCUT2D eigenvalue weighted by molar-refractivity contribution is 5.84. The normalized spacial score (nSPS) is 22.8. The molecule has 4 nitrogen and oxygen atoms in total. The molecule has 1 saturated carbocycles. The molecule has 0 amide bonds. The molecule has 2 N–H and O–H groups in total. The van der Waals surface area contributed by atoms with Gasteiger partial charge in [0.15, 0.2) is 0 Å². The van der Waals surface area contributed by atoms with Gasteiger partial charge >= 0.3 is 24.7 Å². The van der Waals surface area contributed by atoms with Crippen LogP contribution < -0.4 is 0 Å². The van der Waals surface area contributed by atoms with Crippen molar-refractivity contribution >= 4 is 11.4 Å². The Balaban J connectivity index is 3.22. The summed E-state index contributed by atoms with van der Waals surface area (Å²) in [6.07, 6.45) is -27.6. The molecule has 200 valence electrons. The van der Waals surface area contributed by atoms with Gasteiger partial charge in [0.1, 0.15) is 0 Å². The number of nitrogens with zero attached hydrogens (tertiary/aromatic N) is 2. The Labute approximate surface area is 185 Å². The second kappa shape index (κ2) is 9.82. The average Bonchev–Trinajstić information content (AvgIpc) is 2.59. The highest BCUT2D eigenvalue weighted by Crippen LogP contribution is 2.46. The summed E-state index contributed by atoms with van der Waals surface area (Å²) in [5.41, 5.74) is -11.8. The molecule has 2 atom stereocenters. The Morgan fingerprint density at radius 1 is 0.588 bits per heavy atom. The molecule has 0 aliphatic heterocycles. The van der Waals surface area contributed by atoms with E-state index >= 15 is 0 Å². The lowest BCUT2D eigenvalue weighted by molar-refractivity contribution is -0.365. The van der Waals surface area contributed by atoms with E-state index in [1.165, 1.54) is 0 Å². The van der Waals surface area contributed by atoms with Crippen LogP contribution in [0, 0.1) is 0 Å². The van der Waals surface area contributed by atoms with Crippen LogP contribution in [0.1, 0.15) is 52.4 Å². The molecule has 34 heavy (non-hydrogen) atoms. The van der Waals surface area contributed by atoms with Gasteiger partial charge < -0.3 is 10.2 Å². The molecule has 0 aromatic carbocycles. The van der Waals surface area contributed by atoms with Crippen molar-refractivity contribution < 1.29 is 62.9 Å². The number of rotatable bonds is 6. The van der Waals surface area contributed by atoms with Gasteiger partial charge in [-0.1, -0.05) is 12.8 Å². The van der Waals surface area contributed by atoms with Gasteiger partial charge in [-0.15, -0.1) is 0 Å². The lowest BCUT2D eigenvalue weighted by Crippen LogP contribution is -2.58. The van der Waals surface area contributed by atoms with Gasteiger partial charge in [0.05, 0.1) is 12.1 Å². The maximum Gasteiger partial charge on any atom is 0.426 e. The predicted octanol–water partition coefficient (Wildman–Crippen LogP) is 5.71. The van der Waals surface area contributed by atoms with Crippen LogP contribution in [0.2, 0.25) is 0 Å². The van der Waals surface area contributed by atoms with E-state index in [2.05, 4.69) is 9.98 Å². The van der Waals surface area contributed by atoms with Crippen LogP contribution in [-0.2, 0) is 0 Å². The van der Waals surface area contributed by atoms with Crippen molar-refractivity contribution in [3.8, 4) is 0 Å². The lowest BCUT2D eigenvalue weighted by Gasteiger charge is -2.34. The van der Waals surface area contributed by atoms with E-state index in [-0.39, 0.29) is 12.8 Å². The van der Waals surface area contributed by atoms with Crippen molar-refractivity contribution in [2.75, 3.05) is 0 Å². The van der Waals surface area contributed by atoms with Crippen molar-refractivity contribution in [1.82, 2.24) is 0 Å². The first-order valence-corrected chi connectivity index (χ1v) is 9.74. The summed E-state index contributed by atoms with van der Waals surface area (Å²) >= 11 is 0. The van der Waals surface area contributed by atoms with Crippen LogP contribution in [-0.4, -0.2) is 69.6 Å². The predicted molar refractivity (Wildman–Crippen MR) is 95.6 cm³/mol. The molecule has 0 unspecified atom stereocenters. The van der Waals surface area contributed by atoms with Crippen molar-refractivity contribution in [2.24, 2.45) is 9.98 Å². The smallest absolute Gasteiger partial charge is 0.373 e. The second-order valence-electron chi connectivity index (χ2n) is 8.21.